The quantitative estimate of drug-likeness (QED) is 0.173. The SMILES string of the molecule is C=CCc1ccc(-c2ccc(-c3ccc(/C=C/CCCC(C)OCCCCC)c(F)c3)cc2)cn1. The second kappa shape index (κ2) is 14.4. The van der Waals surface area contributed by atoms with Crippen LogP contribution in [0.1, 0.15) is 63.6 Å². The number of hydrogen-bond donors (Lipinski definition) is 0. The Labute approximate surface area is 210 Å². The predicted octanol–water partition coefficient (Wildman–Crippen LogP) is 9.06. The monoisotopic (exact) mass is 471 g/mol. The van der Waals surface area contributed by atoms with Crippen LogP contribution < -0.4 is 0 Å². The van der Waals surface area contributed by atoms with E-state index in [1.165, 1.54) is 12.8 Å². The number of halogens is 1. The second-order valence-electron chi connectivity index (χ2n) is 9.07. The molecule has 0 saturated carbocycles. The molecular weight excluding hydrogens is 433 g/mol. The Kier molecular flexibility index (Phi) is 10.9. The zero-order valence-electron chi connectivity index (χ0n) is 21.2. The van der Waals surface area contributed by atoms with Crippen molar-refractivity contribution < 1.29 is 9.13 Å². The minimum absolute atomic E-state index is 0.197. The van der Waals surface area contributed by atoms with Crippen LogP contribution in [-0.4, -0.2) is 17.7 Å². The van der Waals surface area contributed by atoms with Gasteiger partial charge in [0.1, 0.15) is 5.82 Å². The van der Waals surface area contributed by atoms with E-state index >= 15 is 0 Å². The molecule has 2 aromatic carbocycles. The Morgan fingerprint density at radius 3 is 2.31 bits per heavy atom. The third-order valence-corrected chi connectivity index (χ3v) is 6.16. The molecule has 3 rings (SSSR count). The van der Waals surface area contributed by atoms with Crippen LogP contribution in [0.4, 0.5) is 4.39 Å². The molecule has 0 aliphatic carbocycles. The lowest BCUT2D eigenvalue weighted by atomic mass is 9.99. The highest BCUT2D eigenvalue weighted by Gasteiger charge is 2.06. The van der Waals surface area contributed by atoms with Crippen molar-refractivity contribution in [1.82, 2.24) is 4.98 Å². The van der Waals surface area contributed by atoms with Crippen molar-refractivity contribution in [3.63, 3.8) is 0 Å². The standard InChI is InChI=1S/C32H38FNO/c1-4-6-10-22-35-25(3)12-8-7-9-13-28-18-19-29(23-32(28)33)26-14-16-27(17-15-26)30-20-21-31(11-5-2)34-24-30/h5,9,13-21,23-25H,2,4,6-8,10-12,22H2,1,3H3/b13-9+. The predicted molar refractivity (Wildman–Crippen MR) is 147 cm³/mol. The van der Waals surface area contributed by atoms with E-state index in [9.17, 15) is 4.39 Å². The van der Waals surface area contributed by atoms with Gasteiger partial charge in [0.2, 0.25) is 0 Å². The third-order valence-electron chi connectivity index (χ3n) is 6.16. The van der Waals surface area contributed by atoms with Gasteiger partial charge >= 0.3 is 0 Å². The first-order valence-corrected chi connectivity index (χ1v) is 12.8. The maximum atomic E-state index is 14.7. The highest BCUT2D eigenvalue weighted by molar-refractivity contribution is 5.71. The van der Waals surface area contributed by atoms with Crippen LogP contribution >= 0.6 is 0 Å². The molecule has 0 bridgehead atoms. The molecule has 0 saturated heterocycles. The Hall–Kier alpha value is -3.04. The zero-order valence-corrected chi connectivity index (χ0v) is 21.2. The number of pyridine rings is 1. The van der Waals surface area contributed by atoms with E-state index in [1.807, 2.05) is 48.7 Å². The smallest absolute Gasteiger partial charge is 0.131 e. The lowest BCUT2D eigenvalue weighted by Crippen LogP contribution is -2.08. The minimum Gasteiger partial charge on any atom is -0.379 e. The molecule has 3 heteroatoms. The summed E-state index contributed by atoms with van der Waals surface area (Å²) in [6.07, 6.45) is 15.3. The molecular formula is C32H38FNO. The number of ether oxygens (including phenoxy) is 1. The van der Waals surface area contributed by atoms with Crippen molar-refractivity contribution in [2.45, 2.75) is 64.9 Å². The first-order valence-electron chi connectivity index (χ1n) is 12.8. The highest BCUT2D eigenvalue weighted by Crippen LogP contribution is 2.26. The molecule has 1 aromatic heterocycles. The number of benzene rings is 2. The van der Waals surface area contributed by atoms with E-state index in [2.05, 4.69) is 49.7 Å². The summed E-state index contributed by atoms with van der Waals surface area (Å²) < 4.78 is 20.6. The molecule has 0 aliphatic heterocycles. The van der Waals surface area contributed by atoms with Crippen LogP contribution in [0.15, 0.2) is 79.5 Å². The normalized spacial score (nSPS) is 12.2. The van der Waals surface area contributed by atoms with Crippen LogP contribution in [0.5, 0.6) is 0 Å². The summed E-state index contributed by atoms with van der Waals surface area (Å²) in [6, 6.07) is 17.7. The first kappa shape index (κ1) is 26.6. The van der Waals surface area contributed by atoms with Crippen LogP contribution in [0, 0.1) is 5.82 Å². The minimum atomic E-state index is -0.197. The zero-order chi connectivity index (χ0) is 24.9. The summed E-state index contributed by atoms with van der Waals surface area (Å²) in [4.78, 5) is 4.48. The van der Waals surface area contributed by atoms with Crippen LogP contribution in [0.3, 0.4) is 0 Å². The van der Waals surface area contributed by atoms with Crippen molar-refractivity contribution >= 4 is 6.08 Å². The Balaban J connectivity index is 1.51. The topological polar surface area (TPSA) is 22.1 Å². The van der Waals surface area contributed by atoms with E-state index in [0.29, 0.717) is 5.56 Å². The van der Waals surface area contributed by atoms with E-state index < -0.39 is 0 Å². The molecule has 184 valence electrons. The summed E-state index contributed by atoms with van der Waals surface area (Å²) in [6.45, 7) is 8.94. The third kappa shape index (κ3) is 8.60. The van der Waals surface area contributed by atoms with Crippen molar-refractivity contribution in [2.75, 3.05) is 6.61 Å². The fraction of sp³-hybridized carbons (Fsp3) is 0.344. The molecule has 0 radical (unpaired) electrons. The van der Waals surface area contributed by atoms with Gasteiger partial charge in [0.05, 0.1) is 6.10 Å². The Morgan fingerprint density at radius 2 is 1.66 bits per heavy atom. The summed E-state index contributed by atoms with van der Waals surface area (Å²) in [5.74, 6) is -0.197. The van der Waals surface area contributed by atoms with Crippen molar-refractivity contribution in [3.8, 4) is 22.3 Å². The van der Waals surface area contributed by atoms with Gasteiger partial charge < -0.3 is 4.74 Å². The molecule has 1 heterocycles. The summed E-state index contributed by atoms with van der Waals surface area (Å²) in [5.41, 5.74) is 5.65. The van der Waals surface area contributed by atoms with E-state index in [1.54, 1.807) is 6.07 Å². The van der Waals surface area contributed by atoms with Crippen molar-refractivity contribution in [1.29, 1.82) is 0 Å². The van der Waals surface area contributed by atoms with Crippen molar-refractivity contribution in [3.05, 3.63) is 96.6 Å². The van der Waals surface area contributed by atoms with Gasteiger partial charge in [0, 0.05) is 36.0 Å². The molecule has 1 atom stereocenters. The highest BCUT2D eigenvalue weighted by atomic mass is 19.1. The first-order chi connectivity index (χ1) is 17.1. The van der Waals surface area contributed by atoms with Crippen LogP contribution in [-0.2, 0) is 11.2 Å². The Bertz CT molecular complexity index is 1070. The van der Waals surface area contributed by atoms with Gasteiger partial charge in [0.15, 0.2) is 0 Å². The molecule has 0 aliphatic rings. The molecule has 2 nitrogen and oxygen atoms in total. The number of hydrogen-bond acceptors (Lipinski definition) is 2. The largest absolute Gasteiger partial charge is 0.379 e. The summed E-state index contributed by atoms with van der Waals surface area (Å²) in [7, 11) is 0. The second-order valence-corrected chi connectivity index (χ2v) is 9.07. The summed E-state index contributed by atoms with van der Waals surface area (Å²) in [5, 5.41) is 0. The van der Waals surface area contributed by atoms with E-state index in [-0.39, 0.29) is 11.9 Å². The van der Waals surface area contributed by atoms with Gasteiger partial charge in [0.25, 0.3) is 0 Å². The van der Waals surface area contributed by atoms with Crippen molar-refractivity contribution in [2.24, 2.45) is 0 Å². The van der Waals surface area contributed by atoms with Gasteiger partial charge in [-0.1, -0.05) is 80.5 Å². The lowest BCUT2D eigenvalue weighted by molar-refractivity contribution is 0.0566. The van der Waals surface area contributed by atoms with Gasteiger partial charge in [-0.2, -0.15) is 0 Å². The molecule has 0 fully saturated rings. The van der Waals surface area contributed by atoms with Gasteiger partial charge in [-0.25, -0.2) is 4.39 Å². The average Bonchev–Trinajstić information content (AvgIpc) is 2.88. The molecule has 0 amide bonds. The maximum absolute atomic E-state index is 14.7. The van der Waals surface area contributed by atoms with Crippen LogP contribution in [0.2, 0.25) is 0 Å². The number of allylic oxidation sites excluding steroid dienone is 2. The molecule has 0 spiro atoms. The number of nitrogens with zero attached hydrogens (tertiary/aromatic N) is 1. The fourth-order valence-corrected chi connectivity index (χ4v) is 4.01. The fourth-order valence-electron chi connectivity index (χ4n) is 4.01. The summed E-state index contributed by atoms with van der Waals surface area (Å²) >= 11 is 0. The molecule has 0 N–H and O–H groups in total. The number of rotatable bonds is 14. The molecule has 1 unspecified atom stereocenters. The van der Waals surface area contributed by atoms with Crippen LogP contribution in [0.25, 0.3) is 28.3 Å². The molecule has 35 heavy (non-hydrogen) atoms. The molecule has 3 aromatic rings. The van der Waals surface area contributed by atoms with Gasteiger partial charge in [-0.05, 0) is 61.4 Å². The number of aromatic nitrogens is 1. The number of unbranched alkanes of at least 4 members (excludes halogenated alkanes) is 3. The lowest BCUT2D eigenvalue weighted by Gasteiger charge is -2.12. The maximum Gasteiger partial charge on any atom is 0.131 e. The van der Waals surface area contributed by atoms with Gasteiger partial charge in [-0.15, -0.1) is 6.58 Å². The Morgan fingerprint density at radius 1 is 0.943 bits per heavy atom. The van der Waals surface area contributed by atoms with Gasteiger partial charge in [-0.3, -0.25) is 4.98 Å². The van der Waals surface area contributed by atoms with E-state index in [4.69, 9.17) is 4.74 Å². The average molecular weight is 472 g/mol. The van der Waals surface area contributed by atoms with E-state index in [0.717, 1.165) is 66.7 Å².